The molecule has 0 unspecified atom stereocenters. The van der Waals surface area contributed by atoms with E-state index in [0.717, 1.165) is 46.8 Å². The Kier molecular flexibility index (Phi) is 13.1. The number of benzene rings is 6. The van der Waals surface area contributed by atoms with Gasteiger partial charge in [0.05, 0.1) is 27.9 Å². The van der Waals surface area contributed by atoms with Crippen molar-refractivity contribution in [2.75, 3.05) is 4.90 Å². The molecule has 0 aliphatic carbocycles. The Labute approximate surface area is 414 Å². The molecule has 14 heteroatoms. The number of ether oxygens (including phenoxy) is 2. The van der Waals surface area contributed by atoms with Gasteiger partial charge in [0.1, 0.15) is 23.0 Å². The number of amides is 4. The van der Waals surface area contributed by atoms with Crippen LogP contribution < -0.4 is 14.4 Å². The fraction of sp³-hybridized carbons (Fsp3) is 0.310. The van der Waals surface area contributed by atoms with E-state index in [2.05, 4.69) is 46.8 Å². The summed E-state index contributed by atoms with van der Waals surface area (Å²) < 4.78 is 105. The summed E-state index contributed by atoms with van der Waals surface area (Å²) >= 11 is 0. The smallest absolute Gasteiger partial charge is 0.411 e. The van der Waals surface area contributed by atoms with Crippen molar-refractivity contribution in [2.45, 2.75) is 115 Å². The van der Waals surface area contributed by atoms with Gasteiger partial charge in [-0.3, -0.25) is 24.1 Å². The molecule has 0 aromatic heterocycles. The highest BCUT2D eigenvalue weighted by Crippen LogP contribution is 2.57. The van der Waals surface area contributed by atoms with Gasteiger partial charge in [0.15, 0.2) is 0 Å². The fourth-order valence-electron chi connectivity index (χ4n) is 9.79. The lowest BCUT2D eigenvalue weighted by Gasteiger charge is -2.38. The van der Waals surface area contributed by atoms with Crippen molar-refractivity contribution in [3.8, 4) is 23.0 Å². The molecule has 72 heavy (non-hydrogen) atoms. The molecule has 0 fully saturated rings. The number of hydrogen-bond acceptors (Lipinski definition) is 6. The van der Waals surface area contributed by atoms with Crippen LogP contribution in [0, 0.1) is 0 Å². The molecule has 0 radical (unpaired) electrons. The summed E-state index contributed by atoms with van der Waals surface area (Å²) in [5.74, 6) is -1.72. The number of alkyl halides is 6. The van der Waals surface area contributed by atoms with Crippen molar-refractivity contribution < 1.29 is 55.0 Å². The standard InChI is InChI=1S/C58H54F6N2O6/c1-9-54(7,10-2)37-17-27-43(28-18-37)71-41-23-13-35(14-24-41)53(5,6)36-15-25-42(26-16-36)72-44-29-21-40(22-30-44)65-49(67)45-31-19-38(33-47(45)50(65)68)56(57(59,60)61,58(62,63)64)39-20-32-46-48(34-39)52(70)66(51(46)69)55(8,11-3)12-4/h13-34H,9-12H2,1-8H3. The summed E-state index contributed by atoms with van der Waals surface area (Å²) in [5.41, 5.74) is -7.64. The molecular weight excluding hydrogens is 935 g/mol. The number of carbonyl (C=O) groups is 4. The van der Waals surface area contributed by atoms with Crippen molar-refractivity contribution in [3.63, 3.8) is 0 Å². The van der Waals surface area contributed by atoms with Gasteiger partial charge < -0.3 is 9.47 Å². The largest absolute Gasteiger partial charge is 0.457 e. The zero-order valence-electron chi connectivity index (χ0n) is 41.1. The Morgan fingerprint density at radius 2 is 0.736 bits per heavy atom. The van der Waals surface area contributed by atoms with Gasteiger partial charge in [-0.2, -0.15) is 26.3 Å². The first-order chi connectivity index (χ1) is 33.9. The molecule has 374 valence electrons. The molecule has 6 aromatic rings. The molecule has 6 aromatic carbocycles. The average molecular weight is 989 g/mol. The first kappa shape index (κ1) is 51.1. The third-order valence-corrected chi connectivity index (χ3v) is 15.4. The predicted octanol–water partition coefficient (Wildman–Crippen LogP) is 15.1. The summed E-state index contributed by atoms with van der Waals surface area (Å²) in [5, 5.41) is 0. The minimum Gasteiger partial charge on any atom is -0.457 e. The predicted molar refractivity (Wildman–Crippen MR) is 262 cm³/mol. The minimum atomic E-state index is -6.10. The van der Waals surface area contributed by atoms with E-state index < -0.39 is 80.2 Å². The number of rotatable bonds is 15. The lowest BCUT2D eigenvalue weighted by Crippen LogP contribution is -2.55. The lowest BCUT2D eigenvalue weighted by atomic mass is 9.71. The molecule has 0 N–H and O–H groups in total. The van der Waals surface area contributed by atoms with Crippen LogP contribution in [0.1, 0.15) is 150 Å². The molecule has 0 saturated heterocycles. The van der Waals surface area contributed by atoms with Crippen molar-refractivity contribution in [1.82, 2.24) is 4.90 Å². The fourth-order valence-corrected chi connectivity index (χ4v) is 9.79. The van der Waals surface area contributed by atoms with Gasteiger partial charge in [-0.15, -0.1) is 0 Å². The minimum absolute atomic E-state index is 0.0107. The van der Waals surface area contributed by atoms with E-state index in [4.69, 9.17) is 9.47 Å². The Bertz CT molecular complexity index is 3050. The molecule has 8 rings (SSSR count). The second-order valence-corrected chi connectivity index (χ2v) is 19.5. The van der Waals surface area contributed by atoms with Crippen molar-refractivity contribution >= 4 is 29.3 Å². The molecule has 0 atom stereocenters. The number of carbonyl (C=O) groups excluding carboxylic acids is 4. The number of halogens is 6. The Balaban J connectivity index is 0.984. The summed E-state index contributed by atoms with van der Waals surface area (Å²) in [6, 6.07) is 32.8. The van der Waals surface area contributed by atoms with Crippen LogP contribution in [-0.2, 0) is 16.2 Å². The van der Waals surface area contributed by atoms with Gasteiger partial charge in [-0.05, 0) is 151 Å². The van der Waals surface area contributed by atoms with Gasteiger partial charge >= 0.3 is 12.4 Å². The van der Waals surface area contributed by atoms with Crippen LogP contribution >= 0.6 is 0 Å². The SMILES string of the molecule is CCC(C)(CC)c1ccc(Oc2ccc(C(C)(C)c3ccc(Oc4ccc(N5C(=O)c6ccc(C(c7ccc8c(c7)C(=O)N(C(C)(CC)CC)C8=O)(C(F)(F)F)C(F)(F)F)cc6C5=O)cc4)cc3)cc2)cc1. The van der Waals surface area contributed by atoms with E-state index in [1.165, 1.54) is 29.8 Å². The average Bonchev–Trinajstić information content (AvgIpc) is 3.76. The summed E-state index contributed by atoms with van der Waals surface area (Å²) in [4.78, 5) is 56.1. The Morgan fingerprint density at radius 3 is 1.12 bits per heavy atom. The molecule has 2 heterocycles. The maximum absolute atomic E-state index is 15.4. The zero-order valence-corrected chi connectivity index (χ0v) is 41.1. The van der Waals surface area contributed by atoms with Crippen LogP contribution in [0.5, 0.6) is 23.0 Å². The van der Waals surface area contributed by atoms with Gasteiger partial charge in [0.25, 0.3) is 23.6 Å². The zero-order chi connectivity index (χ0) is 52.3. The van der Waals surface area contributed by atoms with Crippen LogP contribution in [0.2, 0.25) is 0 Å². The van der Waals surface area contributed by atoms with Crippen molar-refractivity contribution in [1.29, 1.82) is 0 Å². The molecule has 8 nitrogen and oxygen atoms in total. The highest BCUT2D eigenvalue weighted by Gasteiger charge is 2.73. The van der Waals surface area contributed by atoms with Crippen LogP contribution in [0.3, 0.4) is 0 Å². The van der Waals surface area contributed by atoms with Gasteiger partial charge in [-0.25, -0.2) is 4.90 Å². The number of nitrogens with zero attached hydrogens (tertiary/aromatic N) is 2. The van der Waals surface area contributed by atoms with Gasteiger partial charge in [0, 0.05) is 11.0 Å². The molecule has 2 aliphatic heterocycles. The third-order valence-electron chi connectivity index (χ3n) is 15.4. The summed E-state index contributed by atoms with van der Waals surface area (Å²) in [7, 11) is 0. The molecule has 0 spiro atoms. The number of imide groups is 2. The maximum atomic E-state index is 15.4. The maximum Gasteiger partial charge on any atom is 0.411 e. The van der Waals surface area contributed by atoms with Crippen LogP contribution in [0.15, 0.2) is 133 Å². The van der Waals surface area contributed by atoms with Crippen molar-refractivity contribution in [3.05, 3.63) is 184 Å². The molecule has 2 aliphatic rings. The monoisotopic (exact) mass is 988 g/mol. The van der Waals surface area contributed by atoms with Crippen LogP contribution in [-0.4, -0.2) is 46.4 Å². The first-order valence-corrected chi connectivity index (χ1v) is 23.9. The molecular formula is C58H54F6N2O6. The highest BCUT2D eigenvalue weighted by atomic mass is 19.4. The van der Waals surface area contributed by atoms with Crippen LogP contribution in [0.25, 0.3) is 0 Å². The summed E-state index contributed by atoms with van der Waals surface area (Å²) in [6.45, 7) is 15.9. The number of fused-ring (bicyclic) bond motifs is 2. The van der Waals surface area contributed by atoms with Gasteiger partial charge in [0.2, 0.25) is 5.41 Å². The van der Waals surface area contributed by atoms with Crippen molar-refractivity contribution in [2.24, 2.45) is 0 Å². The topological polar surface area (TPSA) is 93.2 Å². The number of hydrogen-bond donors (Lipinski definition) is 0. The molecule has 0 bridgehead atoms. The molecule has 4 amide bonds. The second kappa shape index (κ2) is 18.4. The highest BCUT2D eigenvalue weighted by molar-refractivity contribution is 6.34. The van der Waals surface area contributed by atoms with E-state index in [9.17, 15) is 19.2 Å². The number of anilines is 1. The Hall–Kier alpha value is -7.22. The first-order valence-electron chi connectivity index (χ1n) is 23.9. The van der Waals surface area contributed by atoms with E-state index in [1.54, 1.807) is 32.9 Å². The third kappa shape index (κ3) is 8.41. The second-order valence-electron chi connectivity index (χ2n) is 19.5. The summed E-state index contributed by atoms with van der Waals surface area (Å²) in [6.07, 6.45) is -9.54. The Morgan fingerprint density at radius 1 is 0.403 bits per heavy atom. The quantitative estimate of drug-likeness (QED) is 0.0752. The van der Waals surface area contributed by atoms with Gasteiger partial charge in [-0.1, -0.05) is 97.0 Å². The lowest BCUT2D eigenvalue weighted by molar-refractivity contribution is -0.288. The van der Waals surface area contributed by atoms with Crippen LogP contribution in [0.4, 0.5) is 32.0 Å². The van der Waals surface area contributed by atoms with E-state index >= 15 is 26.3 Å². The van der Waals surface area contributed by atoms with E-state index in [1.807, 2.05) is 48.5 Å². The van der Waals surface area contributed by atoms with E-state index in [-0.39, 0.29) is 29.5 Å². The van der Waals surface area contributed by atoms with E-state index in [0.29, 0.717) is 46.4 Å². The normalized spacial score (nSPS) is 14.5. The molecule has 0 saturated carbocycles.